The van der Waals surface area contributed by atoms with E-state index in [-0.39, 0.29) is 5.43 Å². The molecule has 0 unspecified atom stereocenters. The summed E-state index contributed by atoms with van der Waals surface area (Å²) in [5.41, 5.74) is 1.03. The first-order valence-electron chi connectivity index (χ1n) is 5.24. The van der Waals surface area contributed by atoms with Crippen LogP contribution in [0.5, 0.6) is 0 Å². The minimum Gasteiger partial charge on any atom is -0.367 e. The van der Waals surface area contributed by atoms with E-state index in [9.17, 15) is 4.79 Å². The van der Waals surface area contributed by atoms with Gasteiger partial charge < -0.3 is 4.98 Å². The van der Waals surface area contributed by atoms with Crippen LogP contribution in [0.2, 0.25) is 0 Å². The van der Waals surface area contributed by atoms with Gasteiger partial charge in [0.2, 0.25) is 0 Å². The van der Waals surface area contributed by atoms with E-state index in [4.69, 9.17) is 0 Å². The number of H-pyrrole nitrogens is 1. The number of likely N-dealkylation sites (tertiary alicyclic amines) is 1. The smallest absolute Gasteiger partial charge is 0.186 e. The first kappa shape index (κ1) is 9.46. The third kappa shape index (κ3) is 2.23. The van der Waals surface area contributed by atoms with Gasteiger partial charge in [-0.2, -0.15) is 0 Å². The first-order valence-corrected chi connectivity index (χ1v) is 5.24. The number of hydrogen-bond donors (Lipinski definition) is 1. The molecule has 2 rings (SSSR count). The maximum absolute atomic E-state index is 11.4. The van der Waals surface area contributed by atoms with Crippen LogP contribution in [0.25, 0.3) is 0 Å². The van der Waals surface area contributed by atoms with Crippen LogP contribution in [0, 0.1) is 0 Å². The van der Waals surface area contributed by atoms with Crippen molar-refractivity contribution in [3.63, 3.8) is 0 Å². The SMILES string of the molecule is O=c1cc[nH]cc1CN1CCCCC1. The van der Waals surface area contributed by atoms with Gasteiger partial charge in [-0.3, -0.25) is 9.69 Å². The highest BCUT2D eigenvalue weighted by atomic mass is 16.1. The normalized spacial score (nSPS) is 18.3. The number of piperidine rings is 1. The fourth-order valence-corrected chi connectivity index (χ4v) is 1.93. The van der Waals surface area contributed by atoms with Crippen molar-refractivity contribution in [1.82, 2.24) is 9.88 Å². The van der Waals surface area contributed by atoms with E-state index in [0.717, 1.165) is 25.2 Å². The van der Waals surface area contributed by atoms with Crippen LogP contribution in [0.1, 0.15) is 24.8 Å². The molecule has 0 aliphatic carbocycles. The lowest BCUT2D eigenvalue weighted by atomic mass is 10.1. The highest BCUT2D eigenvalue weighted by Crippen LogP contribution is 2.10. The molecule has 1 saturated heterocycles. The molecule has 1 aliphatic rings. The molecule has 76 valence electrons. The van der Waals surface area contributed by atoms with Crippen molar-refractivity contribution in [2.75, 3.05) is 13.1 Å². The molecule has 0 aromatic carbocycles. The van der Waals surface area contributed by atoms with Gasteiger partial charge in [0.15, 0.2) is 5.43 Å². The van der Waals surface area contributed by atoms with Crippen LogP contribution in [0.3, 0.4) is 0 Å². The van der Waals surface area contributed by atoms with Gasteiger partial charge in [0.1, 0.15) is 0 Å². The maximum Gasteiger partial charge on any atom is 0.186 e. The summed E-state index contributed by atoms with van der Waals surface area (Å²) >= 11 is 0. The second-order valence-electron chi connectivity index (χ2n) is 3.87. The fraction of sp³-hybridized carbons (Fsp3) is 0.545. The summed E-state index contributed by atoms with van der Waals surface area (Å²) < 4.78 is 0. The summed E-state index contributed by atoms with van der Waals surface area (Å²) in [6.07, 6.45) is 7.37. The molecular formula is C11H16N2O. The lowest BCUT2D eigenvalue weighted by Gasteiger charge is -2.25. The molecule has 0 spiro atoms. The minimum absolute atomic E-state index is 0.148. The standard InChI is InChI=1S/C11H16N2O/c14-11-4-5-12-8-10(11)9-13-6-2-1-3-7-13/h4-5,8H,1-3,6-7,9H2,(H,12,14). The Hall–Kier alpha value is -1.09. The van der Waals surface area contributed by atoms with Crippen molar-refractivity contribution in [3.05, 3.63) is 34.2 Å². The van der Waals surface area contributed by atoms with E-state index in [1.165, 1.54) is 19.3 Å². The largest absolute Gasteiger partial charge is 0.367 e. The molecule has 1 aliphatic heterocycles. The summed E-state index contributed by atoms with van der Waals surface area (Å²) in [5, 5.41) is 0. The van der Waals surface area contributed by atoms with E-state index in [1.54, 1.807) is 12.3 Å². The molecule has 2 heterocycles. The van der Waals surface area contributed by atoms with Crippen LogP contribution in [-0.4, -0.2) is 23.0 Å². The van der Waals surface area contributed by atoms with Gasteiger partial charge in [-0.1, -0.05) is 6.42 Å². The quantitative estimate of drug-likeness (QED) is 0.768. The Labute approximate surface area is 83.8 Å². The second kappa shape index (κ2) is 4.42. The van der Waals surface area contributed by atoms with Gasteiger partial charge in [0.05, 0.1) is 0 Å². The molecule has 0 bridgehead atoms. The molecule has 1 N–H and O–H groups in total. The number of aromatic amines is 1. The zero-order valence-corrected chi connectivity index (χ0v) is 8.33. The number of hydrogen-bond acceptors (Lipinski definition) is 2. The third-order valence-corrected chi connectivity index (χ3v) is 2.75. The average Bonchev–Trinajstić information content (AvgIpc) is 2.23. The Morgan fingerprint density at radius 3 is 2.79 bits per heavy atom. The van der Waals surface area contributed by atoms with Gasteiger partial charge in [-0.25, -0.2) is 0 Å². The Bertz CT molecular complexity index is 339. The summed E-state index contributed by atoms with van der Waals surface area (Å²) in [6.45, 7) is 3.07. The van der Waals surface area contributed by atoms with Gasteiger partial charge >= 0.3 is 0 Å². The highest BCUT2D eigenvalue weighted by Gasteiger charge is 2.11. The minimum atomic E-state index is 0.148. The average molecular weight is 192 g/mol. The molecule has 1 aromatic rings. The van der Waals surface area contributed by atoms with E-state index in [1.807, 2.05) is 6.20 Å². The van der Waals surface area contributed by atoms with Crippen LogP contribution in [0.4, 0.5) is 0 Å². The summed E-state index contributed by atoms with van der Waals surface area (Å²) in [4.78, 5) is 16.8. The Morgan fingerprint density at radius 2 is 2.07 bits per heavy atom. The molecule has 1 fully saturated rings. The van der Waals surface area contributed by atoms with Crippen molar-refractivity contribution in [3.8, 4) is 0 Å². The van der Waals surface area contributed by atoms with Gasteiger partial charge in [-0.15, -0.1) is 0 Å². The van der Waals surface area contributed by atoms with E-state index < -0.39 is 0 Å². The number of pyridine rings is 1. The van der Waals surface area contributed by atoms with Gasteiger partial charge in [0.25, 0.3) is 0 Å². The van der Waals surface area contributed by atoms with Crippen LogP contribution in [0.15, 0.2) is 23.3 Å². The Balaban J connectivity index is 2.03. The summed E-state index contributed by atoms with van der Waals surface area (Å²) in [6, 6.07) is 1.60. The topological polar surface area (TPSA) is 36.1 Å². The van der Waals surface area contributed by atoms with Gasteiger partial charge in [-0.05, 0) is 25.9 Å². The zero-order chi connectivity index (χ0) is 9.80. The molecule has 0 saturated carbocycles. The Kier molecular flexibility index (Phi) is 2.99. The van der Waals surface area contributed by atoms with Crippen molar-refractivity contribution < 1.29 is 0 Å². The monoisotopic (exact) mass is 192 g/mol. The molecule has 3 nitrogen and oxygen atoms in total. The predicted octanol–water partition coefficient (Wildman–Crippen LogP) is 1.36. The summed E-state index contributed by atoms with van der Waals surface area (Å²) in [7, 11) is 0. The molecule has 14 heavy (non-hydrogen) atoms. The number of nitrogens with one attached hydrogen (secondary N) is 1. The molecule has 1 aromatic heterocycles. The number of aromatic nitrogens is 1. The lowest BCUT2D eigenvalue weighted by Crippen LogP contribution is -2.31. The van der Waals surface area contributed by atoms with Crippen molar-refractivity contribution >= 4 is 0 Å². The van der Waals surface area contributed by atoms with Crippen LogP contribution < -0.4 is 5.43 Å². The van der Waals surface area contributed by atoms with Crippen LogP contribution in [-0.2, 0) is 6.54 Å². The molecule has 0 amide bonds. The van der Waals surface area contributed by atoms with Crippen molar-refractivity contribution in [2.45, 2.75) is 25.8 Å². The number of nitrogens with zero attached hydrogens (tertiary/aromatic N) is 1. The second-order valence-corrected chi connectivity index (χ2v) is 3.87. The van der Waals surface area contributed by atoms with Crippen molar-refractivity contribution in [2.24, 2.45) is 0 Å². The fourth-order valence-electron chi connectivity index (χ4n) is 1.93. The van der Waals surface area contributed by atoms with Crippen LogP contribution >= 0.6 is 0 Å². The zero-order valence-electron chi connectivity index (χ0n) is 8.33. The van der Waals surface area contributed by atoms with E-state index >= 15 is 0 Å². The first-order chi connectivity index (χ1) is 6.86. The van der Waals surface area contributed by atoms with E-state index in [2.05, 4.69) is 9.88 Å². The molecule has 3 heteroatoms. The summed E-state index contributed by atoms with van der Waals surface area (Å²) in [5.74, 6) is 0. The highest BCUT2D eigenvalue weighted by molar-refractivity contribution is 5.08. The molecule has 0 radical (unpaired) electrons. The lowest BCUT2D eigenvalue weighted by molar-refractivity contribution is 0.220. The molecule has 0 atom stereocenters. The predicted molar refractivity (Wildman–Crippen MR) is 56.2 cm³/mol. The van der Waals surface area contributed by atoms with E-state index in [0.29, 0.717) is 0 Å². The molecular weight excluding hydrogens is 176 g/mol. The Morgan fingerprint density at radius 1 is 1.29 bits per heavy atom. The van der Waals surface area contributed by atoms with Gasteiger partial charge in [0, 0.05) is 30.6 Å². The maximum atomic E-state index is 11.4. The van der Waals surface area contributed by atoms with Crippen molar-refractivity contribution in [1.29, 1.82) is 0 Å². The third-order valence-electron chi connectivity index (χ3n) is 2.75. The number of rotatable bonds is 2.